The summed E-state index contributed by atoms with van der Waals surface area (Å²) in [6.07, 6.45) is 0. The van der Waals surface area contributed by atoms with Crippen molar-refractivity contribution in [3.05, 3.63) is 83.9 Å². The van der Waals surface area contributed by atoms with Gasteiger partial charge >= 0.3 is 0 Å². The minimum atomic E-state index is -4.14. The summed E-state index contributed by atoms with van der Waals surface area (Å²) in [5.41, 5.74) is 1.91. The first-order valence-corrected chi connectivity index (χ1v) is 13.4. The number of benzene rings is 3. The zero-order chi connectivity index (χ0) is 27.9. The molecule has 0 heterocycles. The van der Waals surface area contributed by atoms with Crippen molar-refractivity contribution < 1.29 is 27.5 Å². The molecule has 0 aromatic heterocycles. The van der Waals surface area contributed by atoms with Gasteiger partial charge in [0.1, 0.15) is 24.1 Å². The normalized spacial score (nSPS) is 11.8. The van der Waals surface area contributed by atoms with E-state index in [9.17, 15) is 18.0 Å². The largest absolute Gasteiger partial charge is 0.497 e. The van der Waals surface area contributed by atoms with Gasteiger partial charge in [0.2, 0.25) is 11.8 Å². The van der Waals surface area contributed by atoms with Gasteiger partial charge in [0.25, 0.3) is 10.0 Å². The number of aryl methyl sites for hydroxylation is 1. The third-order valence-electron chi connectivity index (χ3n) is 6.15. The van der Waals surface area contributed by atoms with Crippen molar-refractivity contribution in [3.8, 4) is 11.5 Å². The summed E-state index contributed by atoms with van der Waals surface area (Å²) in [5, 5.41) is 2.56. The second kappa shape index (κ2) is 12.5. The lowest BCUT2D eigenvalue weighted by atomic mass is 10.1. The molecule has 1 N–H and O–H groups in total. The molecule has 0 radical (unpaired) electrons. The molecule has 0 saturated heterocycles. The third-order valence-corrected chi connectivity index (χ3v) is 7.94. The van der Waals surface area contributed by atoms with Crippen molar-refractivity contribution in [3.63, 3.8) is 0 Å². The Morgan fingerprint density at radius 3 is 2.13 bits per heavy atom. The molecule has 0 fully saturated rings. The van der Waals surface area contributed by atoms with Crippen LogP contribution in [-0.2, 0) is 26.2 Å². The van der Waals surface area contributed by atoms with Gasteiger partial charge < -0.3 is 19.7 Å². The van der Waals surface area contributed by atoms with Crippen molar-refractivity contribution in [2.75, 3.05) is 32.1 Å². The molecular formula is C28H33N3O6S. The number of likely N-dealkylation sites (N-methyl/N-ethyl adjacent to an activating group) is 1. The number of hydrogen-bond acceptors (Lipinski definition) is 6. The van der Waals surface area contributed by atoms with Crippen LogP contribution in [0.15, 0.2) is 77.7 Å². The number of sulfonamides is 1. The van der Waals surface area contributed by atoms with Crippen LogP contribution in [0.25, 0.3) is 0 Å². The highest BCUT2D eigenvalue weighted by Crippen LogP contribution is 2.28. The van der Waals surface area contributed by atoms with Gasteiger partial charge in [-0.3, -0.25) is 13.9 Å². The second-order valence-electron chi connectivity index (χ2n) is 8.69. The number of ether oxygens (including phenoxy) is 2. The Bertz CT molecular complexity index is 1360. The number of nitrogens with one attached hydrogen (secondary N) is 1. The van der Waals surface area contributed by atoms with E-state index in [1.165, 1.54) is 31.2 Å². The van der Waals surface area contributed by atoms with Gasteiger partial charge in [-0.05, 0) is 55.8 Å². The Morgan fingerprint density at radius 2 is 1.55 bits per heavy atom. The number of carbonyl (C=O) groups excluding carboxylic acids is 2. The zero-order valence-electron chi connectivity index (χ0n) is 22.2. The molecule has 3 aromatic rings. The molecule has 3 aromatic carbocycles. The number of methoxy groups -OCH3 is 2. The fourth-order valence-electron chi connectivity index (χ4n) is 3.85. The maximum absolute atomic E-state index is 13.8. The highest BCUT2D eigenvalue weighted by atomic mass is 32.2. The molecule has 0 aliphatic heterocycles. The number of rotatable bonds is 11. The predicted molar refractivity (Wildman–Crippen MR) is 146 cm³/mol. The summed E-state index contributed by atoms with van der Waals surface area (Å²) in [4.78, 5) is 27.8. The van der Waals surface area contributed by atoms with E-state index in [1.807, 2.05) is 6.92 Å². The van der Waals surface area contributed by atoms with E-state index in [0.717, 1.165) is 15.4 Å². The molecule has 3 rings (SSSR count). The Hall–Kier alpha value is -4.05. The van der Waals surface area contributed by atoms with Crippen LogP contribution in [0.2, 0.25) is 0 Å². The molecule has 1 unspecified atom stereocenters. The van der Waals surface area contributed by atoms with E-state index < -0.39 is 28.5 Å². The van der Waals surface area contributed by atoms with Crippen LogP contribution < -0.4 is 19.1 Å². The van der Waals surface area contributed by atoms with Crippen LogP contribution >= 0.6 is 0 Å². The molecule has 0 aliphatic rings. The standard InChI is InChI=1S/C28H33N3O6S/c1-20-9-15-26(16-10-20)38(34,35)31(23-7-6-8-25(17-23)37-5)19-27(32)30(21(2)28(33)29-3)18-22-11-13-24(36-4)14-12-22/h6-17,21H,18-19H2,1-5H3,(H,29,33). The summed E-state index contributed by atoms with van der Waals surface area (Å²) in [6.45, 7) is 3.02. The maximum atomic E-state index is 13.8. The van der Waals surface area contributed by atoms with E-state index in [0.29, 0.717) is 11.5 Å². The Morgan fingerprint density at radius 1 is 0.921 bits per heavy atom. The van der Waals surface area contributed by atoms with Gasteiger partial charge in [-0.25, -0.2) is 8.42 Å². The van der Waals surface area contributed by atoms with Crippen LogP contribution in [0.4, 0.5) is 5.69 Å². The topological polar surface area (TPSA) is 105 Å². The SMILES string of the molecule is CNC(=O)C(C)N(Cc1ccc(OC)cc1)C(=O)CN(c1cccc(OC)c1)S(=O)(=O)c1ccc(C)cc1. The quantitative estimate of drug-likeness (QED) is 0.401. The molecule has 2 amide bonds. The first-order chi connectivity index (χ1) is 18.1. The number of hydrogen-bond donors (Lipinski definition) is 1. The molecule has 0 bridgehead atoms. The molecule has 0 saturated carbocycles. The number of anilines is 1. The summed E-state index contributed by atoms with van der Waals surface area (Å²) < 4.78 is 39.2. The lowest BCUT2D eigenvalue weighted by Crippen LogP contribution is -2.50. The molecule has 1 atom stereocenters. The third kappa shape index (κ3) is 6.63. The fourth-order valence-corrected chi connectivity index (χ4v) is 5.26. The summed E-state index contributed by atoms with van der Waals surface area (Å²) in [7, 11) is 0.373. The Kier molecular flexibility index (Phi) is 9.35. The molecule has 0 spiro atoms. The average Bonchev–Trinajstić information content (AvgIpc) is 2.94. The molecule has 38 heavy (non-hydrogen) atoms. The minimum Gasteiger partial charge on any atom is -0.497 e. The van der Waals surface area contributed by atoms with E-state index in [2.05, 4.69) is 5.32 Å². The minimum absolute atomic E-state index is 0.0415. The molecular weight excluding hydrogens is 506 g/mol. The number of carbonyl (C=O) groups is 2. The van der Waals surface area contributed by atoms with Crippen molar-refractivity contribution in [1.82, 2.24) is 10.2 Å². The highest BCUT2D eigenvalue weighted by Gasteiger charge is 2.32. The van der Waals surface area contributed by atoms with Crippen LogP contribution in [-0.4, -0.2) is 59.0 Å². The summed E-state index contributed by atoms with van der Waals surface area (Å²) in [6, 6.07) is 19.1. The van der Waals surface area contributed by atoms with Crippen LogP contribution in [0.5, 0.6) is 11.5 Å². The van der Waals surface area contributed by atoms with Crippen LogP contribution in [0.3, 0.4) is 0 Å². The number of nitrogens with zero attached hydrogens (tertiary/aromatic N) is 2. The predicted octanol–water partition coefficient (Wildman–Crippen LogP) is 3.37. The van der Waals surface area contributed by atoms with Crippen molar-refractivity contribution in [2.24, 2.45) is 0 Å². The van der Waals surface area contributed by atoms with Gasteiger partial charge in [0.15, 0.2) is 0 Å². The molecule has 202 valence electrons. The second-order valence-corrected chi connectivity index (χ2v) is 10.5. The molecule has 9 nitrogen and oxygen atoms in total. The highest BCUT2D eigenvalue weighted by molar-refractivity contribution is 7.92. The van der Waals surface area contributed by atoms with Crippen LogP contribution in [0, 0.1) is 6.92 Å². The first-order valence-electron chi connectivity index (χ1n) is 12.0. The Labute approximate surface area is 224 Å². The molecule has 10 heteroatoms. The zero-order valence-corrected chi connectivity index (χ0v) is 23.0. The van der Waals surface area contributed by atoms with E-state index in [-0.39, 0.29) is 23.0 Å². The van der Waals surface area contributed by atoms with E-state index >= 15 is 0 Å². The van der Waals surface area contributed by atoms with Gasteiger partial charge in [0.05, 0.1) is 24.8 Å². The van der Waals surface area contributed by atoms with Crippen molar-refractivity contribution in [1.29, 1.82) is 0 Å². The maximum Gasteiger partial charge on any atom is 0.264 e. The lowest BCUT2D eigenvalue weighted by Gasteiger charge is -2.32. The van der Waals surface area contributed by atoms with Crippen molar-refractivity contribution in [2.45, 2.75) is 31.3 Å². The lowest BCUT2D eigenvalue weighted by molar-refractivity contribution is -0.139. The van der Waals surface area contributed by atoms with Gasteiger partial charge in [-0.2, -0.15) is 0 Å². The van der Waals surface area contributed by atoms with Gasteiger partial charge in [0, 0.05) is 19.7 Å². The van der Waals surface area contributed by atoms with Crippen molar-refractivity contribution >= 4 is 27.5 Å². The number of amides is 2. The molecule has 0 aliphatic carbocycles. The Balaban J connectivity index is 2.03. The van der Waals surface area contributed by atoms with Gasteiger partial charge in [-0.15, -0.1) is 0 Å². The smallest absolute Gasteiger partial charge is 0.264 e. The van der Waals surface area contributed by atoms with E-state index in [1.54, 1.807) is 74.7 Å². The summed E-state index contributed by atoms with van der Waals surface area (Å²) in [5.74, 6) is 0.170. The fraction of sp³-hybridized carbons (Fsp3) is 0.286. The monoisotopic (exact) mass is 539 g/mol. The van der Waals surface area contributed by atoms with Gasteiger partial charge in [-0.1, -0.05) is 35.9 Å². The average molecular weight is 540 g/mol. The first kappa shape index (κ1) is 28.5. The van der Waals surface area contributed by atoms with E-state index in [4.69, 9.17) is 9.47 Å². The summed E-state index contributed by atoms with van der Waals surface area (Å²) >= 11 is 0. The van der Waals surface area contributed by atoms with Crippen LogP contribution in [0.1, 0.15) is 18.1 Å².